The van der Waals surface area contributed by atoms with Gasteiger partial charge in [-0.3, -0.25) is 14.4 Å². The van der Waals surface area contributed by atoms with Crippen LogP contribution in [0.1, 0.15) is 44.1 Å². The van der Waals surface area contributed by atoms with Gasteiger partial charge >= 0.3 is 6.09 Å². The number of carbonyl (C=O) groups is 1. The van der Waals surface area contributed by atoms with Crippen LogP contribution in [0.2, 0.25) is 0 Å². The van der Waals surface area contributed by atoms with E-state index in [1.807, 2.05) is 24.3 Å². The van der Waals surface area contributed by atoms with Gasteiger partial charge in [0, 0.05) is 10.8 Å². The number of aromatic amines is 1. The fraction of sp³-hybridized carbons (Fsp3) is 0.214. The highest BCUT2D eigenvalue weighted by atomic mass is 19.1. The maximum Gasteiger partial charge on any atom is 0.415 e. The number of ether oxygens (including phenoxy) is 1. The van der Waals surface area contributed by atoms with E-state index in [9.17, 15) is 18.4 Å². The highest BCUT2D eigenvalue weighted by Gasteiger charge is 2.45. The average Bonchev–Trinajstić information content (AvgIpc) is 3.28. The Balaban J connectivity index is 1.73. The first-order valence-electron chi connectivity index (χ1n) is 12.0. The Kier molecular flexibility index (Phi) is 5.30. The summed E-state index contributed by atoms with van der Waals surface area (Å²) in [6.07, 6.45) is 0.934. The summed E-state index contributed by atoms with van der Waals surface area (Å²) in [5, 5.41) is 12.7. The lowest BCUT2D eigenvalue weighted by molar-refractivity contribution is 0.0555. The number of hydrogen-bond acceptors (Lipinski definition) is 5. The van der Waals surface area contributed by atoms with Crippen molar-refractivity contribution in [3.05, 3.63) is 100 Å². The normalized spacial score (nSPS) is 17.2. The van der Waals surface area contributed by atoms with Crippen LogP contribution in [0.25, 0.3) is 21.7 Å². The molecule has 0 radical (unpaired) electrons. The van der Waals surface area contributed by atoms with Crippen molar-refractivity contribution in [3.8, 4) is 0 Å². The molecule has 0 aliphatic carbocycles. The second kappa shape index (κ2) is 8.47. The Morgan fingerprint density at radius 2 is 1.74 bits per heavy atom. The zero-order valence-electron chi connectivity index (χ0n) is 20.8. The van der Waals surface area contributed by atoms with Crippen molar-refractivity contribution in [2.45, 2.75) is 38.5 Å². The molecule has 0 saturated carbocycles. The van der Waals surface area contributed by atoms with Crippen LogP contribution in [0.15, 0.2) is 71.7 Å². The molecule has 2 aromatic heterocycles. The molecule has 8 nitrogen and oxygen atoms in total. The van der Waals surface area contributed by atoms with E-state index >= 15 is 0 Å². The van der Waals surface area contributed by atoms with Crippen LogP contribution in [0.5, 0.6) is 0 Å². The van der Waals surface area contributed by atoms with Gasteiger partial charge in [-0.25, -0.2) is 18.7 Å². The summed E-state index contributed by atoms with van der Waals surface area (Å²) in [6.45, 7) is 5.17. The van der Waals surface area contributed by atoms with E-state index in [4.69, 9.17) is 4.74 Å². The number of amides is 1. The van der Waals surface area contributed by atoms with Crippen molar-refractivity contribution >= 4 is 33.5 Å². The van der Waals surface area contributed by atoms with E-state index in [1.165, 1.54) is 23.1 Å². The third-order valence-corrected chi connectivity index (χ3v) is 6.55. The van der Waals surface area contributed by atoms with E-state index < -0.39 is 41.0 Å². The van der Waals surface area contributed by atoms with Gasteiger partial charge in [0.15, 0.2) is 0 Å². The van der Waals surface area contributed by atoms with E-state index in [-0.39, 0.29) is 11.1 Å². The van der Waals surface area contributed by atoms with Gasteiger partial charge in [-0.05, 0) is 56.7 Å². The Hall–Kier alpha value is -4.60. The molecule has 2 atom stereocenters. The topological polar surface area (TPSA) is 93.1 Å². The molecule has 1 N–H and O–H groups in total. The molecule has 0 bridgehead atoms. The van der Waals surface area contributed by atoms with Gasteiger partial charge in [-0.15, -0.1) is 0 Å². The molecule has 38 heavy (non-hydrogen) atoms. The smallest absolute Gasteiger partial charge is 0.415 e. The zero-order chi connectivity index (χ0) is 26.8. The van der Waals surface area contributed by atoms with Crippen LogP contribution in [-0.2, 0) is 4.74 Å². The van der Waals surface area contributed by atoms with Crippen molar-refractivity contribution in [3.63, 3.8) is 0 Å². The molecule has 2 unspecified atom stereocenters. The molecule has 5 aromatic rings. The maximum atomic E-state index is 14.9. The maximum absolute atomic E-state index is 14.9. The van der Waals surface area contributed by atoms with Crippen LogP contribution < -0.4 is 10.5 Å². The summed E-state index contributed by atoms with van der Waals surface area (Å²) in [5.41, 5.74) is 0.330. The fourth-order valence-electron chi connectivity index (χ4n) is 5.09. The molecular formula is C28H23F2N5O3. The quantitative estimate of drug-likeness (QED) is 0.329. The SMILES string of the molecule is CC(C)(C)OC(=O)N1c2cc(F)cc3c(=O)[nH]nc(c23)C(n2ncc3ccccc32)C1c1ccc(F)cc1. The second-order valence-corrected chi connectivity index (χ2v) is 10.2. The molecular weight excluding hydrogens is 492 g/mol. The minimum atomic E-state index is -0.885. The number of rotatable bonds is 2. The molecule has 3 aromatic carbocycles. The van der Waals surface area contributed by atoms with Gasteiger partial charge in [-0.1, -0.05) is 30.3 Å². The summed E-state index contributed by atoms with van der Waals surface area (Å²) in [6, 6.07) is 13.9. The Morgan fingerprint density at radius 1 is 1.00 bits per heavy atom. The van der Waals surface area contributed by atoms with Crippen LogP contribution in [0, 0.1) is 11.6 Å². The molecule has 6 rings (SSSR count). The van der Waals surface area contributed by atoms with Crippen molar-refractivity contribution < 1.29 is 18.3 Å². The molecule has 1 aliphatic rings. The van der Waals surface area contributed by atoms with Gasteiger partial charge in [0.05, 0.1) is 34.5 Å². The van der Waals surface area contributed by atoms with E-state index in [0.717, 1.165) is 17.0 Å². The summed E-state index contributed by atoms with van der Waals surface area (Å²) >= 11 is 0. The molecule has 192 valence electrons. The molecule has 0 spiro atoms. The lowest BCUT2D eigenvalue weighted by Gasteiger charge is -2.42. The zero-order valence-corrected chi connectivity index (χ0v) is 20.8. The minimum absolute atomic E-state index is 0.0394. The summed E-state index contributed by atoms with van der Waals surface area (Å²) in [5.74, 6) is -1.16. The predicted molar refractivity (Wildman–Crippen MR) is 138 cm³/mol. The number of nitrogens with zero attached hydrogens (tertiary/aromatic N) is 4. The molecule has 0 fully saturated rings. The average molecular weight is 516 g/mol. The van der Waals surface area contributed by atoms with Crippen LogP contribution >= 0.6 is 0 Å². The Labute approximate surface area is 215 Å². The largest absolute Gasteiger partial charge is 0.443 e. The summed E-state index contributed by atoms with van der Waals surface area (Å²) < 4.78 is 36.4. The van der Waals surface area contributed by atoms with Crippen LogP contribution in [-0.4, -0.2) is 31.7 Å². The van der Waals surface area contributed by atoms with Gasteiger partial charge < -0.3 is 4.74 Å². The summed E-state index contributed by atoms with van der Waals surface area (Å²) in [4.78, 5) is 28.0. The van der Waals surface area contributed by atoms with E-state index in [0.29, 0.717) is 16.6 Å². The summed E-state index contributed by atoms with van der Waals surface area (Å²) in [7, 11) is 0. The van der Waals surface area contributed by atoms with Crippen molar-refractivity contribution in [2.75, 3.05) is 4.90 Å². The van der Waals surface area contributed by atoms with Gasteiger partial charge in [0.2, 0.25) is 0 Å². The number of para-hydroxylation sites is 1. The fourth-order valence-corrected chi connectivity index (χ4v) is 5.09. The first kappa shape index (κ1) is 23.8. The predicted octanol–water partition coefficient (Wildman–Crippen LogP) is 5.64. The molecule has 10 heteroatoms. The Bertz CT molecular complexity index is 1770. The van der Waals surface area contributed by atoms with Crippen LogP contribution in [0.3, 0.4) is 0 Å². The number of nitrogens with one attached hydrogen (secondary N) is 1. The minimum Gasteiger partial charge on any atom is -0.443 e. The highest BCUT2D eigenvalue weighted by molar-refractivity contribution is 6.05. The number of H-pyrrole nitrogens is 1. The number of fused-ring (bicyclic) bond motifs is 1. The van der Waals surface area contributed by atoms with Crippen LogP contribution in [0.4, 0.5) is 19.3 Å². The number of benzene rings is 3. The van der Waals surface area contributed by atoms with Crippen molar-refractivity contribution in [1.29, 1.82) is 0 Å². The van der Waals surface area contributed by atoms with E-state index in [1.54, 1.807) is 43.8 Å². The van der Waals surface area contributed by atoms with Crippen molar-refractivity contribution in [2.24, 2.45) is 0 Å². The van der Waals surface area contributed by atoms with Gasteiger partial charge in [-0.2, -0.15) is 10.2 Å². The third-order valence-electron chi connectivity index (χ3n) is 6.55. The first-order valence-corrected chi connectivity index (χ1v) is 12.0. The van der Waals surface area contributed by atoms with Gasteiger partial charge in [0.25, 0.3) is 5.56 Å². The standard InChI is InChI=1S/C28H23F2N5O3/c1-28(2,3)38-27(37)34-21-13-18(30)12-19-22(21)23(32-33-26(19)36)25(24(34)15-8-10-17(29)11-9-15)35-20-7-5-4-6-16(20)14-31-35/h4-14,24-25H,1-3H3,(H,33,36). The number of halogens is 2. The number of anilines is 1. The molecule has 1 amide bonds. The monoisotopic (exact) mass is 515 g/mol. The molecule has 1 aliphatic heterocycles. The number of aromatic nitrogens is 4. The number of carbonyl (C=O) groups excluding carboxylic acids is 1. The number of hydrogen-bond donors (Lipinski definition) is 1. The van der Waals surface area contributed by atoms with Crippen molar-refractivity contribution in [1.82, 2.24) is 20.0 Å². The first-order chi connectivity index (χ1) is 18.1. The van der Waals surface area contributed by atoms with Gasteiger partial charge in [0.1, 0.15) is 23.3 Å². The highest BCUT2D eigenvalue weighted by Crippen LogP contribution is 2.49. The third kappa shape index (κ3) is 3.80. The molecule has 0 saturated heterocycles. The van der Waals surface area contributed by atoms with E-state index in [2.05, 4.69) is 15.3 Å². The second-order valence-electron chi connectivity index (χ2n) is 10.2. The Morgan fingerprint density at radius 3 is 2.47 bits per heavy atom. The lowest BCUT2D eigenvalue weighted by Crippen LogP contribution is -2.46. The lowest BCUT2D eigenvalue weighted by atomic mass is 9.87. The molecule has 3 heterocycles.